The van der Waals surface area contributed by atoms with E-state index in [1.54, 1.807) is 0 Å². The Morgan fingerprint density at radius 2 is 0.621 bits per heavy atom. The normalized spacial score (nSPS) is 20.3. The number of alkyl carbamates (subject to hydrolysis) is 3. The summed E-state index contributed by atoms with van der Waals surface area (Å²) in [6.07, 6.45) is -10.8. The maximum absolute atomic E-state index is 13.5. The molecule has 3 heterocycles. The van der Waals surface area contributed by atoms with E-state index < -0.39 is 237 Å². The number of nitrogens with two attached hydrogens (primary N) is 3. The van der Waals surface area contributed by atoms with Crippen molar-refractivity contribution < 1.29 is 142 Å². The van der Waals surface area contributed by atoms with Gasteiger partial charge in [0.1, 0.15) is 18.3 Å². The van der Waals surface area contributed by atoms with Crippen LogP contribution in [0.5, 0.6) is 0 Å². The lowest BCUT2D eigenvalue weighted by Gasteiger charge is -2.41. The van der Waals surface area contributed by atoms with Gasteiger partial charge in [-0.3, -0.25) is 59.6 Å². The number of hydrogen-bond donors (Lipinski definition) is 28. The molecule has 0 aromatic heterocycles. The molecule has 0 saturated carbocycles. The Hall–Kier alpha value is -11.4. The van der Waals surface area contributed by atoms with Gasteiger partial charge < -0.3 is 160 Å². The van der Waals surface area contributed by atoms with Crippen molar-refractivity contribution in [2.75, 3.05) is 98.4 Å². The second kappa shape index (κ2) is 52.2. The second-order valence-electron chi connectivity index (χ2n) is 26.9. The first-order chi connectivity index (χ1) is 54.9. The second-order valence-corrected chi connectivity index (χ2v) is 26.9. The molecular weight excluding hydrogens is 1550 g/mol. The van der Waals surface area contributed by atoms with Crippen molar-refractivity contribution in [2.24, 2.45) is 17.2 Å². The number of carbonyl (C=O) groups is 13. The molecule has 3 rings (SSSR count). The van der Waals surface area contributed by atoms with Gasteiger partial charge in [-0.25, -0.2) is 28.8 Å². The molecule has 3 aliphatic heterocycles. The highest BCUT2D eigenvalue weighted by Crippen LogP contribution is 2.29. The van der Waals surface area contributed by atoms with E-state index in [4.69, 9.17) is 61.9 Å². The van der Waals surface area contributed by atoms with Crippen molar-refractivity contribution in [3.05, 3.63) is 35.5 Å². The molecule has 0 bridgehead atoms. The van der Waals surface area contributed by atoms with E-state index in [1.165, 1.54) is 9.80 Å². The summed E-state index contributed by atoms with van der Waals surface area (Å²) < 4.78 is 32.8. The number of aliphatic hydroxyl groups excluding tert-OH is 6. The molecule has 49 nitrogen and oxygen atoms in total. The summed E-state index contributed by atoms with van der Waals surface area (Å²) in [5.41, 5.74) is 16.5. The standard InChI is InChI=1S/C67H112N20O29/c1-34(91)80-50-37(83-62(68)69)24-43(59(102)103)111-56(50)53(40(94)31-88)114-65(108)77-19-13-7-4-10-16-74-46(97)27-86(28-47(98)75-17-11-5-8-14-20-78-66(109)115-54(41(95)32-89)57-51(81-35(2)92)38(84-63(70)71)25-44(112-57)60(104)105)22-23-87(30-49(100)101)29-48(99)76-18-12-6-9-15-21-79-67(110)116-55(42(96)33-90)58-52(82-36(3)93)39(85-64(72)73)26-45(113-58)61(106)107/h24-26,37-42,50-58,88-90,94-96H,4-23,27-33H2,1-3H3,(H,74,97)(H,75,98)(H,76,99)(H,77,108)(H,78,109)(H,79,110)(H,80,91)(H,81,92)(H,82,93)(H,100,101)(H,102,103)(H,104,105)(H,106,107)(H4,68,69,83)(H4,70,71,84)(H4,72,73,85)/t37-,38-,39-,40+,41+,42+,50+,51+,52+,53+,54+,55+,56+,57?,58+/m0/s1. The summed E-state index contributed by atoms with van der Waals surface area (Å²) in [4.78, 5) is 167. The Labute approximate surface area is 665 Å². The zero-order chi connectivity index (χ0) is 86.7. The molecule has 0 saturated heterocycles. The van der Waals surface area contributed by atoms with Crippen molar-refractivity contribution in [3.8, 4) is 0 Å². The Morgan fingerprint density at radius 1 is 0.388 bits per heavy atom. The molecule has 0 aromatic carbocycles. The van der Waals surface area contributed by atoms with Crippen LogP contribution in [-0.4, -0.2) is 346 Å². The van der Waals surface area contributed by atoms with Crippen molar-refractivity contribution in [2.45, 2.75) is 189 Å². The van der Waals surface area contributed by atoms with E-state index in [1.807, 2.05) is 0 Å². The molecule has 0 aliphatic carbocycles. The van der Waals surface area contributed by atoms with E-state index in [2.05, 4.69) is 63.8 Å². The average Bonchev–Trinajstić information content (AvgIpc) is 0.801. The highest BCUT2D eigenvalue weighted by molar-refractivity contribution is 5.87. The molecule has 0 spiro atoms. The zero-order valence-electron chi connectivity index (χ0n) is 64.3. The quantitative estimate of drug-likeness (QED) is 0.0116. The lowest BCUT2D eigenvalue weighted by atomic mass is 9.92. The largest absolute Gasteiger partial charge is 0.480 e. The van der Waals surface area contributed by atoms with Gasteiger partial charge in [0.15, 0.2) is 54.5 Å². The molecule has 3 aliphatic rings. The van der Waals surface area contributed by atoms with E-state index in [9.17, 15) is 113 Å². The molecule has 116 heavy (non-hydrogen) atoms. The van der Waals surface area contributed by atoms with Crippen molar-refractivity contribution in [3.63, 3.8) is 0 Å². The fourth-order valence-electron chi connectivity index (χ4n) is 12.2. The Bertz CT molecular complexity index is 3290. The molecule has 31 N–H and O–H groups in total. The van der Waals surface area contributed by atoms with Crippen LogP contribution in [0.4, 0.5) is 14.4 Å². The Morgan fingerprint density at radius 3 is 0.828 bits per heavy atom. The first-order valence-corrected chi connectivity index (χ1v) is 37.0. The summed E-state index contributed by atoms with van der Waals surface area (Å²) in [6, 6.07) is -7.52. The third-order valence-electron chi connectivity index (χ3n) is 17.4. The maximum Gasteiger partial charge on any atom is 0.407 e. The maximum atomic E-state index is 13.5. The molecule has 49 heteroatoms. The number of nitrogens with zero attached hydrogens (tertiary/aromatic N) is 2. The third kappa shape index (κ3) is 37.3. The molecule has 0 aromatic rings. The average molecular weight is 1660 g/mol. The minimum absolute atomic E-state index is 0.00632. The zero-order valence-corrected chi connectivity index (χ0v) is 64.3. The predicted molar refractivity (Wildman–Crippen MR) is 400 cm³/mol. The van der Waals surface area contributed by atoms with E-state index in [0.717, 1.165) is 39.0 Å². The number of carbonyl (C=O) groups excluding carboxylic acids is 9. The van der Waals surface area contributed by atoms with Crippen LogP contribution in [0.3, 0.4) is 0 Å². The monoisotopic (exact) mass is 1660 g/mol. The topological polar surface area (TPSA) is 780 Å². The molecule has 15 atom stereocenters. The van der Waals surface area contributed by atoms with Crippen LogP contribution in [0.15, 0.2) is 35.5 Å². The third-order valence-corrected chi connectivity index (χ3v) is 17.4. The van der Waals surface area contributed by atoms with Crippen molar-refractivity contribution in [1.29, 1.82) is 16.2 Å². The first kappa shape index (κ1) is 98.8. The number of unbranched alkanes of at least 4 members (excludes halogenated alkanes) is 9. The SMILES string of the molecule is CC(=O)N[C@H]1[C@H]([C@H](OC(=O)NCCCCCCNC(=O)CN(CCN(CC(=O)NCCCCCCNC(=O)O[C@@H]([C@@H]2OC(C(=O)O)=C[C@H](NC(=N)N)[C@H]2NC(C)=O)[C@H](O)CO)CC(=O)NCCCCCCNC(=O)O[C@@H](C2OC(C(=O)O)=C[C@H](NC(=N)N)[C@H]2NC(C)=O)[C@H](O)CO)CC(=O)O)[C@H](O)CO)OC(C(=O)O)=C[C@@H]1NC(=N)N. The molecular formula is C67H112N20O29. The Balaban J connectivity index is 1.61. The number of aliphatic hydroxyl groups is 6. The first-order valence-electron chi connectivity index (χ1n) is 37.0. The number of ether oxygens (including phenoxy) is 6. The van der Waals surface area contributed by atoms with E-state index in [0.29, 0.717) is 77.0 Å². The lowest BCUT2D eigenvalue weighted by Crippen LogP contribution is -2.65. The van der Waals surface area contributed by atoms with Gasteiger partial charge in [-0.05, 0) is 56.8 Å². The van der Waals surface area contributed by atoms with E-state index in [-0.39, 0.29) is 65.4 Å². The van der Waals surface area contributed by atoms with E-state index >= 15 is 0 Å². The van der Waals surface area contributed by atoms with Crippen LogP contribution in [0, 0.1) is 16.2 Å². The summed E-state index contributed by atoms with van der Waals surface area (Å²) in [5, 5.41) is 154. The predicted octanol–water partition coefficient (Wildman–Crippen LogP) is -8.78. The fraction of sp³-hybridized carbons (Fsp3) is 0.672. The van der Waals surface area contributed by atoms with Crippen LogP contribution in [0.25, 0.3) is 0 Å². The number of carboxylic acid groups (broad SMARTS) is 4. The summed E-state index contributed by atoms with van der Waals surface area (Å²) in [7, 11) is 0. The van der Waals surface area contributed by atoms with Crippen molar-refractivity contribution in [1.82, 2.24) is 73.6 Å². The number of carboxylic acids is 4. The number of hydrogen-bond acceptors (Lipinski definition) is 30. The summed E-state index contributed by atoms with van der Waals surface area (Å²) >= 11 is 0. The number of rotatable bonds is 53. The molecule has 9 amide bonds. The minimum Gasteiger partial charge on any atom is -0.480 e. The number of nitrogens with one attached hydrogen (secondary N) is 15. The van der Waals surface area contributed by atoms with Crippen LogP contribution >= 0.6 is 0 Å². The number of amides is 9. The highest BCUT2D eigenvalue weighted by atomic mass is 16.6. The van der Waals surface area contributed by atoms with Crippen molar-refractivity contribution >= 4 is 95.5 Å². The van der Waals surface area contributed by atoms with Gasteiger partial charge in [-0.2, -0.15) is 0 Å². The van der Waals surface area contributed by atoms with Crippen LogP contribution in [0.1, 0.15) is 97.8 Å². The lowest BCUT2D eigenvalue weighted by molar-refractivity contribution is -0.147. The summed E-state index contributed by atoms with van der Waals surface area (Å²) in [5.74, 6) is -13.7. The van der Waals surface area contributed by atoms with Crippen LogP contribution in [-0.2, 0) is 76.4 Å². The van der Waals surface area contributed by atoms with Crippen LogP contribution in [0.2, 0.25) is 0 Å². The molecule has 0 fully saturated rings. The Kier molecular flexibility index (Phi) is 44.4. The molecule has 1 unspecified atom stereocenters. The number of guanidine groups is 3. The van der Waals surface area contributed by atoms with Gasteiger partial charge in [-0.1, -0.05) is 38.5 Å². The molecule has 654 valence electrons. The summed E-state index contributed by atoms with van der Waals surface area (Å²) in [6.45, 7) is -1.21. The highest BCUT2D eigenvalue weighted by Gasteiger charge is 2.50. The molecule has 0 radical (unpaired) electrons. The van der Waals surface area contributed by atoms with Gasteiger partial charge in [-0.15, -0.1) is 0 Å². The van der Waals surface area contributed by atoms with Gasteiger partial charge in [0, 0.05) is 73.1 Å². The smallest absolute Gasteiger partial charge is 0.407 e. The van der Waals surface area contributed by atoms with Gasteiger partial charge in [0.25, 0.3) is 0 Å². The minimum atomic E-state index is -1.86. The fourth-order valence-corrected chi connectivity index (χ4v) is 12.2. The number of aliphatic carboxylic acids is 4. The van der Waals surface area contributed by atoms with Gasteiger partial charge in [0.05, 0.1) is 82.3 Å². The van der Waals surface area contributed by atoms with Crippen LogP contribution < -0.4 is 81.0 Å². The van der Waals surface area contributed by atoms with Gasteiger partial charge >= 0.3 is 42.2 Å². The van der Waals surface area contributed by atoms with Gasteiger partial charge in [0.2, 0.25) is 52.7 Å².